The molecule has 2 N–H and O–H groups in total. The number of aryl methyl sites for hydroxylation is 1. The van der Waals surface area contributed by atoms with Gasteiger partial charge in [0.15, 0.2) is 0 Å². The molecule has 7 rings (SSSR count). The van der Waals surface area contributed by atoms with E-state index in [4.69, 9.17) is 15.5 Å². The lowest BCUT2D eigenvalue weighted by Gasteiger charge is -2.48. The zero-order valence-corrected chi connectivity index (χ0v) is 22.2. The highest BCUT2D eigenvalue weighted by Crippen LogP contribution is 2.37. The van der Waals surface area contributed by atoms with Crippen LogP contribution in [-0.4, -0.2) is 72.6 Å². The van der Waals surface area contributed by atoms with Crippen molar-refractivity contribution in [2.45, 2.75) is 24.7 Å². The second-order valence-corrected chi connectivity index (χ2v) is 10.4. The van der Waals surface area contributed by atoms with Crippen LogP contribution in [0.3, 0.4) is 0 Å². The molecule has 7 heterocycles. The first-order valence-electron chi connectivity index (χ1n) is 13.1. The minimum atomic E-state index is 0.0344. The number of pyridine rings is 3. The molecule has 2 fully saturated rings. The Morgan fingerprint density at radius 1 is 1.00 bits per heavy atom. The molecule has 2 saturated heterocycles. The van der Waals surface area contributed by atoms with Gasteiger partial charge in [0.1, 0.15) is 11.9 Å². The minimum absolute atomic E-state index is 0.0344. The monoisotopic (exact) mass is 532 g/mol. The molecule has 0 aliphatic carbocycles. The number of hydrogen-bond acceptors (Lipinski definition) is 9. The number of ether oxygens (including phenoxy) is 1. The van der Waals surface area contributed by atoms with Gasteiger partial charge in [-0.15, -0.1) is 0 Å². The molecule has 0 amide bonds. The fourth-order valence-electron chi connectivity index (χ4n) is 6.02. The summed E-state index contributed by atoms with van der Waals surface area (Å²) in [6.45, 7) is 2.51. The third-order valence-corrected chi connectivity index (χ3v) is 8.01. The van der Waals surface area contributed by atoms with Gasteiger partial charge in [0.2, 0.25) is 5.88 Å². The number of hydrogen-bond donors (Lipinski definition) is 1. The molecular formula is C29H28N10O. The Morgan fingerprint density at radius 2 is 1.90 bits per heavy atom. The summed E-state index contributed by atoms with van der Waals surface area (Å²) in [4.78, 5) is 13.9. The number of rotatable bonds is 6. The van der Waals surface area contributed by atoms with Crippen molar-refractivity contribution < 1.29 is 4.74 Å². The van der Waals surface area contributed by atoms with Gasteiger partial charge in [-0.25, -0.2) is 14.5 Å². The Kier molecular flexibility index (Phi) is 5.73. The first kappa shape index (κ1) is 24.3. The lowest BCUT2D eigenvalue weighted by molar-refractivity contribution is 0.194. The standard InChI is InChI=1S/C29H28N10O/c1-36-14-22(12-34-36)20-7-23(28-21(8-30)11-35-39(28)15-20)19-4-5-26(32-10-19)38-17-25-29(38)24(31)16-37(25)13-18-3-6-27(40-2)33-9-18/h3-7,9-12,14-15,24-25,29H,13,16-17,31H2,1-2H3/t24-,25-,29-/m0/s1. The second kappa shape index (κ2) is 9.44. The number of aromatic nitrogens is 6. The molecular weight excluding hydrogens is 504 g/mol. The molecule has 0 aromatic carbocycles. The predicted molar refractivity (Wildman–Crippen MR) is 149 cm³/mol. The predicted octanol–water partition coefficient (Wildman–Crippen LogP) is 2.47. The van der Waals surface area contributed by atoms with Crippen LogP contribution in [0.15, 0.2) is 67.5 Å². The molecule has 11 heteroatoms. The van der Waals surface area contributed by atoms with Crippen LogP contribution < -0.4 is 15.4 Å². The molecule has 2 aliphatic heterocycles. The maximum absolute atomic E-state index is 9.73. The Balaban J connectivity index is 1.14. The van der Waals surface area contributed by atoms with Gasteiger partial charge in [0.25, 0.3) is 0 Å². The Hall–Kier alpha value is -4.79. The molecule has 200 valence electrons. The van der Waals surface area contributed by atoms with Crippen molar-refractivity contribution in [1.29, 1.82) is 5.26 Å². The summed E-state index contributed by atoms with van der Waals surface area (Å²) in [5, 5.41) is 18.5. The van der Waals surface area contributed by atoms with E-state index in [0.717, 1.165) is 58.8 Å². The van der Waals surface area contributed by atoms with Crippen LogP contribution >= 0.6 is 0 Å². The van der Waals surface area contributed by atoms with E-state index in [0.29, 0.717) is 17.5 Å². The maximum Gasteiger partial charge on any atom is 0.212 e. The van der Waals surface area contributed by atoms with E-state index in [1.807, 2.05) is 50.2 Å². The molecule has 0 unspecified atom stereocenters. The highest BCUT2D eigenvalue weighted by molar-refractivity contribution is 5.87. The molecule has 0 radical (unpaired) electrons. The number of nitriles is 1. The zero-order valence-electron chi connectivity index (χ0n) is 22.2. The largest absolute Gasteiger partial charge is 0.481 e. The van der Waals surface area contributed by atoms with Crippen molar-refractivity contribution in [2.24, 2.45) is 12.8 Å². The first-order valence-corrected chi connectivity index (χ1v) is 13.1. The number of nitrogens with zero attached hydrogens (tertiary/aromatic N) is 9. The van der Waals surface area contributed by atoms with Crippen molar-refractivity contribution >= 4 is 11.3 Å². The number of methoxy groups -OCH3 is 1. The van der Waals surface area contributed by atoms with Crippen LogP contribution in [0.2, 0.25) is 0 Å². The molecule has 2 aliphatic rings. The average molecular weight is 533 g/mol. The molecule has 0 spiro atoms. The van der Waals surface area contributed by atoms with Gasteiger partial charge in [-0.1, -0.05) is 6.07 Å². The number of anilines is 1. The van der Waals surface area contributed by atoms with E-state index in [1.165, 1.54) is 0 Å². The van der Waals surface area contributed by atoms with E-state index < -0.39 is 0 Å². The Morgan fingerprint density at radius 3 is 2.60 bits per heavy atom. The van der Waals surface area contributed by atoms with Gasteiger partial charge >= 0.3 is 0 Å². The van der Waals surface area contributed by atoms with E-state index in [-0.39, 0.29) is 12.1 Å². The summed E-state index contributed by atoms with van der Waals surface area (Å²) in [7, 11) is 3.51. The lowest BCUT2D eigenvalue weighted by Crippen LogP contribution is -2.65. The molecule has 11 nitrogen and oxygen atoms in total. The fraction of sp³-hybridized carbons (Fsp3) is 0.276. The third kappa shape index (κ3) is 3.97. The maximum atomic E-state index is 9.73. The summed E-state index contributed by atoms with van der Waals surface area (Å²) in [6, 6.07) is 13.0. The normalized spacial score (nSPS) is 20.4. The van der Waals surface area contributed by atoms with Gasteiger partial charge < -0.3 is 15.4 Å². The molecule has 0 bridgehead atoms. The van der Waals surface area contributed by atoms with Gasteiger partial charge in [0, 0.05) is 91.9 Å². The van der Waals surface area contributed by atoms with E-state index >= 15 is 0 Å². The van der Waals surface area contributed by atoms with Crippen LogP contribution in [-0.2, 0) is 13.6 Å². The summed E-state index contributed by atoms with van der Waals surface area (Å²) in [5.41, 5.74) is 12.8. The number of likely N-dealkylation sites (tertiary alicyclic amines) is 1. The van der Waals surface area contributed by atoms with Crippen LogP contribution in [0, 0.1) is 11.3 Å². The molecule has 40 heavy (non-hydrogen) atoms. The van der Waals surface area contributed by atoms with E-state index in [9.17, 15) is 5.26 Å². The first-order chi connectivity index (χ1) is 19.5. The number of nitrogens with two attached hydrogens (primary N) is 1. The molecule has 5 aromatic rings. The zero-order chi connectivity index (χ0) is 27.4. The molecule has 3 atom stereocenters. The summed E-state index contributed by atoms with van der Waals surface area (Å²) in [6.07, 6.45) is 11.0. The van der Waals surface area contributed by atoms with Crippen molar-refractivity contribution in [2.75, 3.05) is 25.1 Å². The SMILES string of the molecule is COc1ccc(CN2C[C@H](N)[C@H]3[C@@H]2CN3c2ccc(-c3cc(-c4cnn(C)c4)cn4ncc(C#N)c34)cn2)cn1. The highest BCUT2D eigenvalue weighted by atomic mass is 16.5. The Labute approximate surface area is 231 Å². The summed E-state index contributed by atoms with van der Waals surface area (Å²) >= 11 is 0. The van der Waals surface area contributed by atoms with Crippen molar-refractivity contribution in [3.8, 4) is 34.2 Å². The molecule has 5 aromatic heterocycles. The quantitative estimate of drug-likeness (QED) is 0.351. The van der Waals surface area contributed by atoms with Crippen LogP contribution in [0.5, 0.6) is 5.88 Å². The summed E-state index contributed by atoms with van der Waals surface area (Å²) < 4.78 is 8.71. The number of fused-ring (bicyclic) bond motifs is 2. The van der Waals surface area contributed by atoms with E-state index in [1.54, 1.807) is 22.5 Å². The summed E-state index contributed by atoms with van der Waals surface area (Å²) in [5.74, 6) is 1.52. The highest BCUT2D eigenvalue weighted by Gasteiger charge is 2.51. The molecule has 0 saturated carbocycles. The van der Waals surface area contributed by atoms with Crippen LogP contribution in [0.4, 0.5) is 5.82 Å². The average Bonchev–Trinajstić information content (AvgIpc) is 3.64. The fourth-order valence-corrected chi connectivity index (χ4v) is 6.02. The minimum Gasteiger partial charge on any atom is -0.481 e. The van der Waals surface area contributed by atoms with Crippen molar-refractivity contribution in [3.05, 3.63) is 78.6 Å². The Bertz CT molecular complexity index is 1730. The van der Waals surface area contributed by atoms with Crippen molar-refractivity contribution in [3.63, 3.8) is 0 Å². The second-order valence-electron chi connectivity index (χ2n) is 10.4. The third-order valence-electron chi connectivity index (χ3n) is 8.01. The van der Waals surface area contributed by atoms with Crippen LogP contribution in [0.25, 0.3) is 27.8 Å². The van der Waals surface area contributed by atoms with E-state index in [2.05, 4.69) is 49.2 Å². The van der Waals surface area contributed by atoms with Crippen LogP contribution in [0.1, 0.15) is 11.1 Å². The smallest absolute Gasteiger partial charge is 0.212 e. The van der Waals surface area contributed by atoms with Gasteiger partial charge in [-0.05, 0) is 23.8 Å². The van der Waals surface area contributed by atoms with Gasteiger partial charge in [0.05, 0.1) is 36.6 Å². The lowest BCUT2D eigenvalue weighted by atomic mass is 9.94. The topological polar surface area (TPSA) is 126 Å². The van der Waals surface area contributed by atoms with Gasteiger partial charge in [-0.3, -0.25) is 9.58 Å². The van der Waals surface area contributed by atoms with Gasteiger partial charge in [-0.2, -0.15) is 15.5 Å². The van der Waals surface area contributed by atoms with Crippen molar-refractivity contribution in [1.82, 2.24) is 34.3 Å².